The fraction of sp³-hybridized carbons (Fsp3) is 0.0645. The van der Waals surface area contributed by atoms with E-state index in [-0.39, 0.29) is 18.1 Å². The molecule has 0 spiro atoms. The number of benzene rings is 4. The van der Waals surface area contributed by atoms with Crippen LogP contribution in [-0.4, -0.2) is 10.9 Å². The van der Waals surface area contributed by atoms with E-state index in [1.807, 2.05) is 72.8 Å². The van der Waals surface area contributed by atoms with Gasteiger partial charge in [0, 0.05) is 39.0 Å². The molecule has 4 aromatic carbocycles. The number of alkyl halides is 3. The Morgan fingerprint density at radius 1 is 0.842 bits per heavy atom. The first-order chi connectivity index (χ1) is 18.3. The molecular formula is C31H22F3N3O. The molecule has 5 aromatic rings. The van der Waals surface area contributed by atoms with Crippen LogP contribution in [0, 0.1) is 0 Å². The van der Waals surface area contributed by atoms with Crippen molar-refractivity contribution < 1.29 is 18.0 Å². The van der Waals surface area contributed by atoms with Crippen LogP contribution in [0.1, 0.15) is 27.9 Å². The van der Waals surface area contributed by atoms with Gasteiger partial charge >= 0.3 is 6.18 Å². The van der Waals surface area contributed by atoms with Gasteiger partial charge in [0.2, 0.25) is 0 Å². The normalized spacial score (nSPS) is 14.7. The zero-order valence-corrected chi connectivity index (χ0v) is 20.1. The van der Waals surface area contributed by atoms with Crippen LogP contribution in [0.2, 0.25) is 0 Å². The van der Waals surface area contributed by atoms with Gasteiger partial charge in [-0.25, -0.2) is 0 Å². The zero-order chi connectivity index (χ0) is 26.4. The predicted molar refractivity (Wildman–Crippen MR) is 144 cm³/mol. The third kappa shape index (κ3) is 4.02. The number of H-pyrrole nitrogens is 1. The molecule has 0 saturated carbocycles. The first-order valence-electron chi connectivity index (χ1n) is 12.1. The van der Waals surface area contributed by atoms with E-state index in [0.29, 0.717) is 33.7 Å². The maximum absolute atomic E-state index is 14.2. The molecule has 1 aliphatic rings. The molecule has 0 atom stereocenters. The van der Waals surface area contributed by atoms with Gasteiger partial charge in [0.15, 0.2) is 0 Å². The summed E-state index contributed by atoms with van der Waals surface area (Å²) >= 11 is 0. The van der Waals surface area contributed by atoms with Gasteiger partial charge in [-0.2, -0.15) is 13.2 Å². The summed E-state index contributed by atoms with van der Waals surface area (Å²) in [5.74, 6) is -0.389. The number of nitrogens with zero attached hydrogens (tertiary/aromatic N) is 1. The Morgan fingerprint density at radius 2 is 1.55 bits per heavy atom. The van der Waals surface area contributed by atoms with Gasteiger partial charge in [0.05, 0.1) is 23.4 Å². The molecule has 3 N–H and O–H groups in total. The number of aromatic nitrogens is 1. The van der Waals surface area contributed by atoms with Crippen LogP contribution in [0.5, 0.6) is 0 Å². The Hall–Kier alpha value is -4.78. The van der Waals surface area contributed by atoms with Gasteiger partial charge in [-0.05, 0) is 35.9 Å². The number of hydrogen-bond acceptors (Lipinski definition) is 2. The second-order valence-corrected chi connectivity index (χ2v) is 9.21. The van der Waals surface area contributed by atoms with Gasteiger partial charge < -0.3 is 15.6 Å². The number of anilines is 2. The molecule has 6 rings (SSSR count). The molecule has 0 bridgehead atoms. The Kier molecular flexibility index (Phi) is 5.56. The van der Waals surface area contributed by atoms with E-state index in [9.17, 15) is 18.0 Å². The fourth-order valence-corrected chi connectivity index (χ4v) is 5.01. The Balaban J connectivity index is 1.65. The van der Waals surface area contributed by atoms with Crippen LogP contribution >= 0.6 is 0 Å². The topological polar surface area (TPSA) is 62.1 Å². The minimum Gasteiger partial charge on any atom is -0.398 e. The second-order valence-electron chi connectivity index (χ2n) is 9.21. The van der Waals surface area contributed by atoms with Gasteiger partial charge in [0.1, 0.15) is 0 Å². The molecule has 38 heavy (non-hydrogen) atoms. The summed E-state index contributed by atoms with van der Waals surface area (Å²) in [6.45, 7) is 0.127. The summed E-state index contributed by atoms with van der Waals surface area (Å²) in [4.78, 5) is 19.0. The van der Waals surface area contributed by atoms with Crippen LogP contribution in [0.15, 0.2) is 103 Å². The number of nitrogens with two attached hydrogens (primary N) is 1. The van der Waals surface area contributed by atoms with Crippen LogP contribution < -0.4 is 10.6 Å². The number of halogens is 3. The highest BCUT2D eigenvalue weighted by atomic mass is 19.4. The van der Waals surface area contributed by atoms with Crippen molar-refractivity contribution in [3.8, 4) is 0 Å². The number of amides is 1. The van der Waals surface area contributed by atoms with Crippen molar-refractivity contribution in [3.63, 3.8) is 0 Å². The number of nitrogens with one attached hydrogen (secondary N) is 1. The molecule has 1 amide bonds. The van der Waals surface area contributed by atoms with Crippen LogP contribution in [0.3, 0.4) is 0 Å². The number of carbonyl (C=O) groups excluding carboxylic acids is 1. The van der Waals surface area contributed by atoms with E-state index in [0.717, 1.165) is 28.6 Å². The lowest BCUT2D eigenvalue weighted by atomic mass is 9.91. The lowest BCUT2D eigenvalue weighted by Crippen LogP contribution is -2.26. The Bertz CT molecular complexity index is 1680. The van der Waals surface area contributed by atoms with Crippen LogP contribution in [0.25, 0.3) is 22.0 Å². The molecular weight excluding hydrogens is 487 g/mol. The predicted octanol–water partition coefficient (Wildman–Crippen LogP) is 7.27. The zero-order valence-electron chi connectivity index (χ0n) is 20.1. The van der Waals surface area contributed by atoms with E-state index >= 15 is 0 Å². The SMILES string of the molecule is Nc1ccccc1/C(=C1/C(=O)N(Cc2ccccc2)c2cc(C(F)(F)F)ccc21)c1cc2ccccc2[nH]1. The molecule has 4 nitrogen and oxygen atoms in total. The average Bonchev–Trinajstić information content (AvgIpc) is 3.45. The number of nitrogen functional groups attached to an aromatic ring is 1. The standard InChI is InChI=1S/C31H22F3N3O/c32-31(33,34)21-14-15-23-27(17-21)37(18-19-8-2-1-3-9-19)30(38)29(23)28(22-11-5-6-12-24(22)35)26-16-20-10-4-7-13-25(20)36-26/h1-17,36H,18,35H2/b29-28-. The molecule has 0 unspecified atom stereocenters. The highest BCUT2D eigenvalue weighted by Crippen LogP contribution is 2.46. The van der Waals surface area contributed by atoms with Crippen molar-refractivity contribution in [2.24, 2.45) is 0 Å². The van der Waals surface area contributed by atoms with Gasteiger partial charge in [-0.1, -0.05) is 72.8 Å². The molecule has 7 heteroatoms. The lowest BCUT2D eigenvalue weighted by molar-refractivity contribution is -0.137. The smallest absolute Gasteiger partial charge is 0.398 e. The number of para-hydroxylation sites is 2. The third-order valence-corrected chi connectivity index (χ3v) is 6.81. The van der Waals surface area contributed by atoms with E-state index in [1.165, 1.54) is 11.0 Å². The minimum absolute atomic E-state index is 0.127. The Labute approximate surface area is 216 Å². The van der Waals surface area contributed by atoms with Crippen molar-refractivity contribution in [1.82, 2.24) is 4.98 Å². The summed E-state index contributed by atoms with van der Waals surface area (Å²) in [7, 11) is 0. The second kappa shape index (κ2) is 8.95. The van der Waals surface area contributed by atoms with Gasteiger partial charge in [-0.3, -0.25) is 4.79 Å². The summed E-state index contributed by atoms with van der Waals surface area (Å²) in [5, 5.41) is 0.939. The number of aromatic amines is 1. The first kappa shape index (κ1) is 23.6. The first-order valence-corrected chi connectivity index (χ1v) is 12.1. The van der Waals surface area contributed by atoms with Crippen LogP contribution in [-0.2, 0) is 17.5 Å². The molecule has 2 heterocycles. The van der Waals surface area contributed by atoms with Crippen molar-refractivity contribution in [3.05, 3.63) is 131 Å². The fourth-order valence-electron chi connectivity index (χ4n) is 5.01. The maximum Gasteiger partial charge on any atom is 0.416 e. The largest absolute Gasteiger partial charge is 0.416 e. The van der Waals surface area contributed by atoms with Gasteiger partial charge in [-0.15, -0.1) is 0 Å². The minimum atomic E-state index is -4.55. The van der Waals surface area contributed by atoms with E-state index < -0.39 is 11.7 Å². The van der Waals surface area contributed by atoms with Crippen molar-refractivity contribution in [2.45, 2.75) is 12.7 Å². The van der Waals surface area contributed by atoms with E-state index in [2.05, 4.69) is 4.98 Å². The molecule has 188 valence electrons. The molecule has 0 radical (unpaired) electrons. The third-order valence-electron chi connectivity index (χ3n) is 6.81. The molecule has 1 aromatic heterocycles. The summed E-state index contributed by atoms with van der Waals surface area (Å²) in [6.07, 6.45) is -4.55. The van der Waals surface area contributed by atoms with Crippen molar-refractivity contribution in [2.75, 3.05) is 10.6 Å². The average molecular weight is 510 g/mol. The van der Waals surface area contributed by atoms with E-state index in [1.54, 1.807) is 12.1 Å². The molecule has 1 aliphatic heterocycles. The van der Waals surface area contributed by atoms with Crippen molar-refractivity contribution in [1.29, 1.82) is 0 Å². The highest BCUT2D eigenvalue weighted by Gasteiger charge is 2.39. The number of fused-ring (bicyclic) bond motifs is 2. The highest BCUT2D eigenvalue weighted by molar-refractivity contribution is 6.39. The summed E-state index contributed by atoms with van der Waals surface area (Å²) < 4.78 is 41.2. The quantitative estimate of drug-likeness (QED) is 0.198. The molecule has 0 aliphatic carbocycles. The molecule has 0 saturated heterocycles. The molecule has 0 fully saturated rings. The van der Waals surface area contributed by atoms with Crippen molar-refractivity contribution >= 4 is 39.3 Å². The summed E-state index contributed by atoms with van der Waals surface area (Å²) in [5.41, 5.74) is 10.5. The van der Waals surface area contributed by atoms with Gasteiger partial charge in [0.25, 0.3) is 5.91 Å². The number of rotatable bonds is 4. The van der Waals surface area contributed by atoms with Crippen LogP contribution in [0.4, 0.5) is 24.5 Å². The number of hydrogen-bond donors (Lipinski definition) is 2. The Morgan fingerprint density at radius 3 is 2.29 bits per heavy atom. The maximum atomic E-state index is 14.2. The monoisotopic (exact) mass is 509 g/mol. The summed E-state index contributed by atoms with van der Waals surface area (Å²) in [6, 6.07) is 29.5. The lowest BCUT2D eigenvalue weighted by Gasteiger charge is -2.19. The number of carbonyl (C=O) groups is 1. The van der Waals surface area contributed by atoms with E-state index in [4.69, 9.17) is 5.73 Å².